The van der Waals surface area contributed by atoms with Crippen molar-refractivity contribution in [2.75, 3.05) is 6.54 Å². The predicted molar refractivity (Wildman–Crippen MR) is 77.4 cm³/mol. The van der Waals surface area contributed by atoms with Crippen molar-refractivity contribution in [2.45, 2.75) is 26.4 Å². The molecule has 0 unspecified atom stereocenters. The molecule has 22 heavy (non-hydrogen) atoms. The van der Waals surface area contributed by atoms with Gasteiger partial charge in [-0.15, -0.1) is 10.2 Å². The molecule has 7 heteroatoms. The van der Waals surface area contributed by atoms with Crippen LogP contribution in [0.15, 0.2) is 34.7 Å². The molecule has 2 rings (SSSR count). The minimum absolute atomic E-state index is 0.0567. The van der Waals surface area contributed by atoms with Crippen LogP contribution < -0.4 is 5.32 Å². The van der Waals surface area contributed by atoms with Gasteiger partial charge in [0.15, 0.2) is 6.61 Å². The first-order valence-electron chi connectivity index (χ1n) is 6.93. The van der Waals surface area contributed by atoms with E-state index in [2.05, 4.69) is 15.5 Å². The van der Waals surface area contributed by atoms with Gasteiger partial charge < -0.3 is 14.5 Å². The number of carbonyl (C=O) groups excluding carboxylic acids is 2. The molecule has 0 spiro atoms. The third kappa shape index (κ3) is 5.01. The van der Waals surface area contributed by atoms with Crippen molar-refractivity contribution in [3.05, 3.63) is 36.2 Å². The van der Waals surface area contributed by atoms with Crippen LogP contribution in [0.3, 0.4) is 0 Å². The fourth-order valence-electron chi connectivity index (χ4n) is 1.72. The van der Waals surface area contributed by atoms with E-state index in [4.69, 9.17) is 9.15 Å². The van der Waals surface area contributed by atoms with Crippen LogP contribution in [0.5, 0.6) is 0 Å². The molecule has 0 fully saturated rings. The Bertz CT molecular complexity index is 625. The Morgan fingerprint density at radius 1 is 1.23 bits per heavy atom. The fourth-order valence-corrected chi connectivity index (χ4v) is 1.72. The molecule has 0 saturated heterocycles. The summed E-state index contributed by atoms with van der Waals surface area (Å²) in [6.07, 6.45) is 0.747. The molecule has 0 radical (unpaired) electrons. The number of benzene rings is 1. The van der Waals surface area contributed by atoms with E-state index in [1.54, 1.807) is 0 Å². The van der Waals surface area contributed by atoms with Gasteiger partial charge in [-0.1, -0.05) is 18.2 Å². The van der Waals surface area contributed by atoms with Crippen molar-refractivity contribution in [3.8, 4) is 11.5 Å². The van der Waals surface area contributed by atoms with Gasteiger partial charge in [-0.05, 0) is 18.6 Å². The summed E-state index contributed by atoms with van der Waals surface area (Å²) < 4.78 is 10.5. The van der Waals surface area contributed by atoms with Gasteiger partial charge in [-0.25, -0.2) is 0 Å². The highest BCUT2D eigenvalue weighted by atomic mass is 16.5. The lowest BCUT2D eigenvalue weighted by Crippen LogP contribution is -2.21. The van der Waals surface area contributed by atoms with Gasteiger partial charge in [0.25, 0.3) is 5.89 Å². The molecule has 1 N–H and O–H groups in total. The van der Waals surface area contributed by atoms with Crippen molar-refractivity contribution in [1.29, 1.82) is 0 Å². The molecule has 0 aliphatic rings. The molecule has 0 saturated carbocycles. The summed E-state index contributed by atoms with van der Waals surface area (Å²) in [6.45, 7) is 1.82. The Labute approximate surface area is 127 Å². The number of aromatic nitrogens is 2. The zero-order valence-corrected chi connectivity index (χ0v) is 12.2. The largest absolute Gasteiger partial charge is 0.456 e. The molecular weight excluding hydrogens is 286 g/mol. The van der Waals surface area contributed by atoms with Crippen LogP contribution in [0.1, 0.15) is 25.7 Å². The third-order valence-electron chi connectivity index (χ3n) is 2.78. The number of hydrogen-bond donors (Lipinski definition) is 1. The summed E-state index contributed by atoms with van der Waals surface area (Å²) in [7, 11) is 0. The summed E-state index contributed by atoms with van der Waals surface area (Å²) >= 11 is 0. The molecule has 7 nitrogen and oxygen atoms in total. The lowest BCUT2D eigenvalue weighted by atomic mass is 10.2. The van der Waals surface area contributed by atoms with Crippen LogP contribution in [0.25, 0.3) is 11.5 Å². The maximum atomic E-state index is 11.5. The van der Waals surface area contributed by atoms with E-state index in [-0.39, 0.29) is 30.8 Å². The van der Waals surface area contributed by atoms with Crippen LogP contribution in [0.4, 0.5) is 0 Å². The van der Waals surface area contributed by atoms with Gasteiger partial charge in [0.1, 0.15) is 0 Å². The number of amides is 1. The molecule has 0 aliphatic heterocycles. The van der Waals surface area contributed by atoms with Gasteiger partial charge in [-0.2, -0.15) is 0 Å². The SMILES string of the molecule is CC(=O)NCCCC(=O)OCc1nnc(-c2ccccc2)o1. The predicted octanol–water partition coefficient (Wildman–Crippen LogP) is 1.70. The van der Waals surface area contributed by atoms with Gasteiger partial charge in [-0.3, -0.25) is 9.59 Å². The summed E-state index contributed by atoms with van der Waals surface area (Å²) in [5.41, 5.74) is 0.808. The van der Waals surface area contributed by atoms with Crippen molar-refractivity contribution in [1.82, 2.24) is 15.5 Å². The number of carbonyl (C=O) groups is 2. The Kier molecular flexibility index (Phi) is 5.65. The van der Waals surface area contributed by atoms with Crippen molar-refractivity contribution in [2.24, 2.45) is 0 Å². The standard InChI is InChI=1S/C15H17N3O4/c1-11(19)16-9-5-8-14(20)21-10-13-17-18-15(22-13)12-6-3-2-4-7-12/h2-4,6-7H,5,8-10H2,1H3,(H,16,19). The molecule has 1 amide bonds. The van der Waals surface area contributed by atoms with E-state index in [1.807, 2.05) is 30.3 Å². The summed E-state index contributed by atoms with van der Waals surface area (Å²) in [4.78, 5) is 22.2. The second kappa shape index (κ2) is 7.92. The van der Waals surface area contributed by atoms with Crippen molar-refractivity contribution in [3.63, 3.8) is 0 Å². The second-order valence-electron chi connectivity index (χ2n) is 4.61. The van der Waals surface area contributed by atoms with E-state index < -0.39 is 0 Å². The highest BCUT2D eigenvalue weighted by Crippen LogP contribution is 2.17. The maximum absolute atomic E-state index is 11.5. The normalized spacial score (nSPS) is 10.2. The summed E-state index contributed by atoms with van der Waals surface area (Å²) in [5, 5.41) is 10.3. The van der Waals surface area contributed by atoms with Crippen LogP contribution in [0.2, 0.25) is 0 Å². The minimum Gasteiger partial charge on any atom is -0.456 e. The number of ether oxygens (including phenoxy) is 1. The Morgan fingerprint density at radius 2 is 2.00 bits per heavy atom. The van der Waals surface area contributed by atoms with Gasteiger partial charge in [0, 0.05) is 25.5 Å². The van der Waals surface area contributed by atoms with Gasteiger partial charge in [0.05, 0.1) is 0 Å². The van der Waals surface area contributed by atoms with Crippen molar-refractivity contribution >= 4 is 11.9 Å². The number of nitrogens with one attached hydrogen (secondary N) is 1. The Balaban J connectivity index is 1.74. The van der Waals surface area contributed by atoms with Crippen LogP contribution in [0, 0.1) is 0 Å². The molecule has 2 aromatic rings. The summed E-state index contributed by atoms with van der Waals surface area (Å²) in [5.74, 6) is 0.142. The zero-order valence-electron chi connectivity index (χ0n) is 12.2. The quantitative estimate of drug-likeness (QED) is 0.618. The first kappa shape index (κ1) is 15.7. The molecule has 1 aromatic carbocycles. The number of esters is 1. The molecule has 0 atom stereocenters. The van der Waals surface area contributed by atoms with E-state index in [1.165, 1.54) is 6.92 Å². The average molecular weight is 303 g/mol. The lowest BCUT2D eigenvalue weighted by Gasteiger charge is -2.02. The molecule has 0 aliphatic carbocycles. The van der Waals surface area contributed by atoms with E-state index in [9.17, 15) is 9.59 Å². The topological polar surface area (TPSA) is 94.3 Å². The average Bonchev–Trinajstić information content (AvgIpc) is 2.99. The first-order valence-corrected chi connectivity index (χ1v) is 6.93. The maximum Gasteiger partial charge on any atom is 0.306 e. The zero-order chi connectivity index (χ0) is 15.8. The first-order chi connectivity index (χ1) is 10.6. The monoisotopic (exact) mass is 303 g/mol. The van der Waals surface area contributed by atoms with E-state index in [0.717, 1.165) is 5.56 Å². The summed E-state index contributed by atoms with van der Waals surface area (Å²) in [6, 6.07) is 9.34. The van der Waals surface area contributed by atoms with Crippen molar-refractivity contribution < 1.29 is 18.7 Å². The number of nitrogens with zero attached hydrogens (tertiary/aromatic N) is 2. The van der Waals surface area contributed by atoms with Crippen LogP contribution in [-0.2, 0) is 20.9 Å². The van der Waals surface area contributed by atoms with Crippen LogP contribution >= 0.6 is 0 Å². The second-order valence-corrected chi connectivity index (χ2v) is 4.61. The van der Waals surface area contributed by atoms with E-state index >= 15 is 0 Å². The Hall–Kier alpha value is -2.70. The van der Waals surface area contributed by atoms with Gasteiger partial charge in [0.2, 0.25) is 11.8 Å². The molecule has 116 valence electrons. The van der Waals surface area contributed by atoms with E-state index in [0.29, 0.717) is 18.9 Å². The fraction of sp³-hybridized carbons (Fsp3) is 0.333. The smallest absolute Gasteiger partial charge is 0.306 e. The lowest BCUT2D eigenvalue weighted by molar-refractivity contribution is -0.145. The number of rotatable bonds is 7. The number of hydrogen-bond acceptors (Lipinski definition) is 6. The highest BCUT2D eigenvalue weighted by molar-refractivity contribution is 5.73. The molecule has 1 heterocycles. The molecular formula is C15H17N3O4. The van der Waals surface area contributed by atoms with Gasteiger partial charge >= 0.3 is 5.97 Å². The highest BCUT2D eigenvalue weighted by Gasteiger charge is 2.10. The molecule has 1 aromatic heterocycles. The minimum atomic E-state index is -0.371. The third-order valence-corrected chi connectivity index (χ3v) is 2.78. The molecule has 0 bridgehead atoms. The van der Waals surface area contributed by atoms with Crippen LogP contribution in [-0.4, -0.2) is 28.6 Å². The Morgan fingerprint density at radius 3 is 2.73 bits per heavy atom.